The molecule has 7 heteroatoms. The van der Waals surface area contributed by atoms with E-state index in [9.17, 15) is 13.6 Å². The lowest BCUT2D eigenvalue weighted by molar-refractivity contribution is 0.102. The van der Waals surface area contributed by atoms with Crippen molar-refractivity contribution in [2.75, 3.05) is 5.32 Å². The minimum atomic E-state index is -1.06. The molecule has 2 aromatic heterocycles. The highest BCUT2D eigenvalue weighted by atomic mass is 19.1. The number of amides is 1. The molecule has 0 aliphatic heterocycles. The Bertz CT molecular complexity index is 651. The summed E-state index contributed by atoms with van der Waals surface area (Å²) in [6.07, 6.45) is 0. The van der Waals surface area contributed by atoms with E-state index in [1.807, 2.05) is 0 Å². The number of anilines is 1. The van der Waals surface area contributed by atoms with Gasteiger partial charge in [-0.25, -0.2) is 0 Å². The molecule has 1 N–H and O–H groups in total. The average molecular weight is 266 g/mol. The summed E-state index contributed by atoms with van der Waals surface area (Å²) in [4.78, 5) is 15.1. The monoisotopic (exact) mass is 266 g/mol. The van der Waals surface area contributed by atoms with Crippen LogP contribution in [0.3, 0.4) is 0 Å². The molecule has 5 nitrogen and oxygen atoms in total. The van der Waals surface area contributed by atoms with Gasteiger partial charge in [0.25, 0.3) is 5.91 Å². The SMILES string of the molecule is Cc1nn(C)c(C)c1C(=O)Nc1ccc(F)nc1F. The van der Waals surface area contributed by atoms with Crippen molar-refractivity contribution >= 4 is 11.6 Å². The molecule has 0 aliphatic rings. The summed E-state index contributed by atoms with van der Waals surface area (Å²) in [5, 5.41) is 6.45. The Morgan fingerprint density at radius 2 is 2.00 bits per heavy atom. The lowest BCUT2D eigenvalue weighted by atomic mass is 10.2. The third-order valence-corrected chi connectivity index (χ3v) is 2.80. The molecule has 0 aromatic carbocycles. The van der Waals surface area contributed by atoms with Crippen LogP contribution in [0.1, 0.15) is 21.7 Å². The van der Waals surface area contributed by atoms with Gasteiger partial charge in [0.05, 0.1) is 16.9 Å². The zero-order valence-electron chi connectivity index (χ0n) is 10.7. The van der Waals surface area contributed by atoms with E-state index in [0.717, 1.165) is 12.1 Å². The molecule has 1 amide bonds. The van der Waals surface area contributed by atoms with E-state index < -0.39 is 17.8 Å². The van der Waals surface area contributed by atoms with Gasteiger partial charge in [-0.3, -0.25) is 9.48 Å². The molecule has 0 unspecified atom stereocenters. The Morgan fingerprint density at radius 3 is 2.53 bits per heavy atom. The number of nitrogens with one attached hydrogen (secondary N) is 1. The zero-order valence-corrected chi connectivity index (χ0v) is 10.7. The first kappa shape index (κ1) is 13.1. The molecule has 2 heterocycles. The van der Waals surface area contributed by atoms with Gasteiger partial charge in [0.2, 0.25) is 11.9 Å². The van der Waals surface area contributed by atoms with Crippen LogP contribution in [-0.2, 0) is 7.05 Å². The van der Waals surface area contributed by atoms with Gasteiger partial charge in [0.1, 0.15) is 0 Å². The third kappa shape index (κ3) is 2.44. The maximum Gasteiger partial charge on any atom is 0.259 e. The fourth-order valence-electron chi connectivity index (χ4n) is 1.79. The lowest BCUT2D eigenvalue weighted by Gasteiger charge is -2.06. The van der Waals surface area contributed by atoms with Crippen LogP contribution in [0, 0.1) is 25.7 Å². The molecule has 0 saturated carbocycles. The quantitative estimate of drug-likeness (QED) is 0.845. The second-order valence-corrected chi connectivity index (χ2v) is 4.10. The van der Waals surface area contributed by atoms with Crippen molar-refractivity contribution in [2.45, 2.75) is 13.8 Å². The Labute approximate surface area is 108 Å². The molecule has 2 rings (SSSR count). The van der Waals surface area contributed by atoms with Gasteiger partial charge in [0.15, 0.2) is 0 Å². The number of aromatic nitrogens is 3. The summed E-state index contributed by atoms with van der Waals surface area (Å²) in [5.74, 6) is -2.51. The van der Waals surface area contributed by atoms with Crippen molar-refractivity contribution < 1.29 is 13.6 Å². The molecule has 100 valence electrons. The van der Waals surface area contributed by atoms with E-state index in [1.54, 1.807) is 25.6 Å². The fraction of sp³-hybridized carbons (Fsp3) is 0.250. The Balaban J connectivity index is 2.31. The Kier molecular flexibility index (Phi) is 3.28. The summed E-state index contributed by atoms with van der Waals surface area (Å²) in [7, 11) is 1.71. The van der Waals surface area contributed by atoms with Crippen molar-refractivity contribution in [1.29, 1.82) is 0 Å². The molecule has 19 heavy (non-hydrogen) atoms. The first-order chi connectivity index (χ1) is 8.90. The van der Waals surface area contributed by atoms with Crippen molar-refractivity contribution in [3.63, 3.8) is 0 Å². The third-order valence-electron chi connectivity index (χ3n) is 2.80. The minimum absolute atomic E-state index is 0.172. The fourth-order valence-corrected chi connectivity index (χ4v) is 1.79. The highest BCUT2D eigenvalue weighted by Gasteiger charge is 2.18. The lowest BCUT2D eigenvalue weighted by Crippen LogP contribution is -2.15. The van der Waals surface area contributed by atoms with E-state index in [4.69, 9.17) is 0 Å². The molecule has 0 fully saturated rings. The van der Waals surface area contributed by atoms with Crippen LogP contribution in [0.5, 0.6) is 0 Å². The highest BCUT2D eigenvalue weighted by Crippen LogP contribution is 2.17. The van der Waals surface area contributed by atoms with Crippen molar-refractivity contribution in [1.82, 2.24) is 14.8 Å². The van der Waals surface area contributed by atoms with E-state index in [2.05, 4.69) is 15.4 Å². The molecule has 0 bridgehead atoms. The van der Waals surface area contributed by atoms with E-state index in [-0.39, 0.29) is 5.69 Å². The van der Waals surface area contributed by atoms with Crippen LogP contribution in [-0.4, -0.2) is 20.7 Å². The van der Waals surface area contributed by atoms with Gasteiger partial charge < -0.3 is 5.32 Å². The van der Waals surface area contributed by atoms with Crippen LogP contribution < -0.4 is 5.32 Å². The smallest absolute Gasteiger partial charge is 0.259 e. The normalized spacial score (nSPS) is 10.6. The van der Waals surface area contributed by atoms with Crippen LogP contribution >= 0.6 is 0 Å². The topological polar surface area (TPSA) is 59.8 Å². The number of hydrogen-bond donors (Lipinski definition) is 1. The second-order valence-electron chi connectivity index (χ2n) is 4.10. The molecule has 0 atom stereocenters. The number of aryl methyl sites for hydroxylation is 2. The van der Waals surface area contributed by atoms with Crippen molar-refractivity contribution in [2.24, 2.45) is 7.05 Å². The summed E-state index contributed by atoms with van der Waals surface area (Å²) in [6, 6.07) is 2.10. The number of carbonyl (C=O) groups excluding carboxylic acids is 1. The number of hydrogen-bond acceptors (Lipinski definition) is 3. The average Bonchev–Trinajstić information content (AvgIpc) is 2.57. The number of rotatable bonds is 2. The number of nitrogens with zero attached hydrogens (tertiary/aromatic N) is 3. The Hall–Kier alpha value is -2.31. The zero-order chi connectivity index (χ0) is 14.2. The largest absolute Gasteiger partial charge is 0.318 e. The first-order valence-corrected chi connectivity index (χ1v) is 5.53. The van der Waals surface area contributed by atoms with Gasteiger partial charge >= 0.3 is 0 Å². The Morgan fingerprint density at radius 1 is 1.32 bits per heavy atom. The summed E-state index contributed by atoms with van der Waals surface area (Å²) in [6.45, 7) is 3.41. The number of pyridine rings is 1. The van der Waals surface area contributed by atoms with Gasteiger partial charge in [-0.05, 0) is 26.0 Å². The van der Waals surface area contributed by atoms with Gasteiger partial charge in [-0.15, -0.1) is 0 Å². The van der Waals surface area contributed by atoms with Crippen LogP contribution in [0.25, 0.3) is 0 Å². The number of carbonyl (C=O) groups is 1. The second kappa shape index (κ2) is 4.75. The highest BCUT2D eigenvalue weighted by molar-refractivity contribution is 6.05. The molecular formula is C12H12F2N4O. The molecule has 0 saturated heterocycles. The predicted octanol–water partition coefficient (Wildman–Crippen LogP) is 1.96. The van der Waals surface area contributed by atoms with Gasteiger partial charge in [0, 0.05) is 12.7 Å². The molecule has 2 aromatic rings. The van der Waals surface area contributed by atoms with Crippen LogP contribution in [0.15, 0.2) is 12.1 Å². The maximum absolute atomic E-state index is 13.3. The molecular weight excluding hydrogens is 254 g/mol. The summed E-state index contributed by atoms with van der Waals surface area (Å²) < 4.78 is 27.6. The van der Waals surface area contributed by atoms with E-state index >= 15 is 0 Å². The van der Waals surface area contributed by atoms with E-state index in [0.29, 0.717) is 17.0 Å². The van der Waals surface area contributed by atoms with Crippen LogP contribution in [0.2, 0.25) is 0 Å². The first-order valence-electron chi connectivity index (χ1n) is 5.53. The standard InChI is InChI=1S/C12H12F2N4O/c1-6-10(7(2)18(3)17-6)12(19)15-8-4-5-9(13)16-11(8)14/h4-5H,1-3H3,(H,15,19). The van der Waals surface area contributed by atoms with Crippen LogP contribution in [0.4, 0.5) is 14.5 Å². The molecule has 0 spiro atoms. The summed E-state index contributed by atoms with van der Waals surface area (Å²) >= 11 is 0. The van der Waals surface area contributed by atoms with Crippen molar-refractivity contribution in [3.8, 4) is 0 Å². The molecule has 0 aliphatic carbocycles. The van der Waals surface area contributed by atoms with Crippen molar-refractivity contribution in [3.05, 3.63) is 41.0 Å². The summed E-state index contributed by atoms with van der Waals surface area (Å²) in [5.41, 5.74) is 1.39. The van der Waals surface area contributed by atoms with Gasteiger partial charge in [-0.2, -0.15) is 18.9 Å². The van der Waals surface area contributed by atoms with Gasteiger partial charge in [-0.1, -0.05) is 0 Å². The minimum Gasteiger partial charge on any atom is -0.318 e. The predicted molar refractivity (Wildman–Crippen MR) is 64.8 cm³/mol. The number of halogens is 2. The molecule has 0 radical (unpaired) electrons. The maximum atomic E-state index is 13.3. The van der Waals surface area contributed by atoms with E-state index in [1.165, 1.54) is 0 Å².